The fourth-order valence-electron chi connectivity index (χ4n) is 4.58. The zero-order valence-electron chi connectivity index (χ0n) is 25.1. The lowest BCUT2D eigenvalue weighted by atomic mass is 10.1. The Balaban J connectivity index is 1.16. The quantitative estimate of drug-likeness (QED) is 0.152. The van der Waals surface area contributed by atoms with Crippen molar-refractivity contribution < 1.29 is 19.1 Å². The number of fused-ring (bicyclic) bond motifs is 1. The summed E-state index contributed by atoms with van der Waals surface area (Å²) in [5.41, 5.74) is 4.42. The molecule has 0 unspecified atom stereocenters. The first kappa shape index (κ1) is 32.2. The maximum atomic E-state index is 13.0. The molecule has 4 aromatic carbocycles. The van der Waals surface area contributed by atoms with Gasteiger partial charge in [-0.2, -0.15) is 0 Å². The number of likely N-dealkylation sites (N-methyl/N-ethyl adjacent to an activating group) is 1. The Bertz CT molecular complexity index is 1930. The summed E-state index contributed by atoms with van der Waals surface area (Å²) in [5.74, 6) is -0.494. The predicted molar refractivity (Wildman–Crippen MR) is 184 cm³/mol. The van der Waals surface area contributed by atoms with Crippen LogP contribution in [0.3, 0.4) is 0 Å². The van der Waals surface area contributed by atoms with Crippen LogP contribution in [0.25, 0.3) is 17.0 Å². The number of carbonyl (C=O) groups is 3. The van der Waals surface area contributed by atoms with E-state index >= 15 is 0 Å². The summed E-state index contributed by atoms with van der Waals surface area (Å²) in [6, 6.07) is 28.8. The van der Waals surface area contributed by atoms with Crippen LogP contribution in [0.2, 0.25) is 10.0 Å². The molecule has 3 amide bonds. The largest absolute Gasteiger partial charge is 0.487 e. The molecular formula is C36H30Cl2N4O4. The van der Waals surface area contributed by atoms with Gasteiger partial charge in [-0.3, -0.25) is 14.4 Å². The molecular weight excluding hydrogens is 623 g/mol. The molecule has 0 saturated heterocycles. The summed E-state index contributed by atoms with van der Waals surface area (Å²) in [4.78, 5) is 43.8. The fourth-order valence-corrected chi connectivity index (χ4v) is 5.18. The van der Waals surface area contributed by atoms with Crippen molar-refractivity contribution in [1.82, 2.24) is 10.3 Å². The molecule has 0 fully saturated rings. The topological polar surface area (TPSA) is 101 Å². The Morgan fingerprint density at radius 1 is 0.891 bits per heavy atom. The van der Waals surface area contributed by atoms with Crippen LogP contribution in [0.15, 0.2) is 103 Å². The van der Waals surface area contributed by atoms with Gasteiger partial charge in [0, 0.05) is 46.0 Å². The second-order valence-corrected chi connectivity index (χ2v) is 11.2. The van der Waals surface area contributed by atoms with E-state index in [1.807, 2.05) is 55.5 Å². The first-order valence-electron chi connectivity index (χ1n) is 14.3. The Labute approximate surface area is 276 Å². The van der Waals surface area contributed by atoms with Crippen LogP contribution in [-0.4, -0.2) is 36.3 Å². The average Bonchev–Trinajstić information content (AvgIpc) is 3.06. The lowest BCUT2D eigenvalue weighted by molar-refractivity contribution is -0.122. The smallest absolute Gasteiger partial charge is 0.255 e. The van der Waals surface area contributed by atoms with Crippen LogP contribution in [0.5, 0.6) is 5.75 Å². The average molecular weight is 654 g/mol. The highest BCUT2D eigenvalue weighted by Crippen LogP contribution is 2.35. The van der Waals surface area contributed by atoms with Crippen LogP contribution in [0, 0.1) is 6.92 Å². The number of ether oxygens (including phenoxy) is 1. The van der Waals surface area contributed by atoms with E-state index < -0.39 is 5.91 Å². The molecule has 0 saturated carbocycles. The van der Waals surface area contributed by atoms with Crippen LogP contribution in [-0.2, 0) is 16.2 Å². The molecule has 0 atom stereocenters. The van der Waals surface area contributed by atoms with Gasteiger partial charge >= 0.3 is 0 Å². The van der Waals surface area contributed by atoms with Crippen molar-refractivity contribution in [1.29, 1.82) is 0 Å². The van der Waals surface area contributed by atoms with E-state index in [-0.39, 0.29) is 30.0 Å². The number of nitrogens with one attached hydrogen (secondary N) is 2. The van der Waals surface area contributed by atoms with Crippen LogP contribution in [0.1, 0.15) is 27.2 Å². The van der Waals surface area contributed by atoms with Gasteiger partial charge in [-0.25, -0.2) is 4.98 Å². The van der Waals surface area contributed by atoms with Crippen LogP contribution in [0.4, 0.5) is 11.4 Å². The number of rotatable bonds is 10. The second kappa shape index (κ2) is 14.7. The third-order valence-corrected chi connectivity index (χ3v) is 7.92. The lowest BCUT2D eigenvalue weighted by Crippen LogP contribution is -2.37. The number of pyridine rings is 1. The Hall–Kier alpha value is -5.18. The van der Waals surface area contributed by atoms with E-state index in [9.17, 15) is 14.4 Å². The van der Waals surface area contributed by atoms with E-state index in [1.54, 1.807) is 61.7 Å². The minimum absolute atomic E-state index is 0.0580. The molecule has 232 valence electrons. The van der Waals surface area contributed by atoms with Crippen LogP contribution < -0.4 is 20.3 Å². The zero-order chi connectivity index (χ0) is 32.6. The van der Waals surface area contributed by atoms with Gasteiger partial charge in [0.25, 0.3) is 5.91 Å². The number of halogens is 2. The molecule has 0 aliphatic carbocycles. The van der Waals surface area contributed by atoms with Crippen molar-refractivity contribution in [2.75, 3.05) is 23.8 Å². The number of hydrogen-bond acceptors (Lipinski definition) is 5. The molecule has 0 aliphatic heterocycles. The van der Waals surface area contributed by atoms with Crippen molar-refractivity contribution in [2.24, 2.45) is 0 Å². The molecule has 1 heterocycles. The zero-order valence-corrected chi connectivity index (χ0v) is 26.6. The molecule has 2 N–H and O–H groups in total. The molecule has 0 aliphatic rings. The van der Waals surface area contributed by atoms with E-state index in [0.717, 1.165) is 16.6 Å². The van der Waals surface area contributed by atoms with E-state index in [2.05, 4.69) is 15.6 Å². The summed E-state index contributed by atoms with van der Waals surface area (Å²) in [5, 5.41) is 7.01. The summed E-state index contributed by atoms with van der Waals surface area (Å²) in [7, 11) is 1.57. The normalized spacial score (nSPS) is 11.0. The van der Waals surface area contributed by atoms with Gasteiger partial charge in [-0.1, -0.05) is 71.7 Å². The Kier molecular flexibility index (Phi) is 10.3. The maximum Gasteiger partial charge on any atom is 0.255 e. The number of aryl methyl sites for hydroxylation is 1. The van der Waals surface area contributed by atoms with Gasteiger partial charge in [0.15, 0.2) is 0 Å². The van der Waals surface area contributed by atoms with Gasteiger partial charge in [0.1, 0.15) is 17.9 Å². The monoisotopic (exact) mass is 652 g/mol. The Morgan fingerprint density at radius 2 is 1.65 bits per heavy atom. The summed E-state index contributed by atoms with van der Waals surface area (Å²) in [6.45, 7) is 1.71. The lowest BCUT2D eigenvalue weighted by Gasteiger charge is -2.21. The first-order valence-corrected chi connectivity index (χ1v) is 15.1. The van der Waals surface area contributed by atoms with Gasteiger partial charge in [0.05, 0.1) is 17.3 Å². The maximum absolute atomic E-state index is 13.0. The SMILES string of the molecule is Cc1ccc2cccc(OCc3c(Cl)ccc(N(C)C(=O)CNC(=O)/C=C/c4ccc(C(=O)Nc5ccccc5)cc4)c3Cl)c2n1. The van der Waals surface area contributed by atoms with Gasteiger partial charge in [0.2, 0.25) is 11.8 Å². The van der Waals surface area contributed by atoms with Crippen LogP contribution >= 0.6 is 23.2 Å². The molecule has 46 heavy (non-hydrogen) atoms. The van der Waals surface area contributed by atoms with Crippen molar-refractivity contribution in [3.05, 3.63) is 136 Å². The standard InChI is InChI=1S/C36H30Cl2N4O4/c1-23-11-15-25-7-6-10-31(35(25)40-23)46-22-28-29(37)18-19-30(34(28)38)42(2)33(44)21-39-32(43)20-14-24-12-16-26(17-13-24)36(45)41-27-8-4-3-5-9-27/h3-20H,21-22H2,1-2H3,(H,39,43)(H,41,45)/b20-14+. The minimum atomic E-state index is -0.456. The van der Waals surface area contributed by atoms with E-state index in [0.29, 0.717) is 38.8 Å². The van der Waals surface area contributed by atoms with Gasteiger partial charge < -0.3 is 20.3 Å². The third kappa shape index (κ3) is 7.90. The number of carbonyl (C=O) groups excluding carboxylic acids is 3. The first-order chi connectivity index (χ1) is 22.2. The van der Waals surface area contributed by atoms with Crippen molar-refractivity contribution in [3.63, 3.8) is 0 Å². The number of hydrogen-bond donors (Lipinski definition) is 2. The van der Waals surface area contributed by atoms with Crippen molar-refractivity contribution in [3.8, 4) is 5.75 Å². The molecule has 5 rings (SSSR count). The molecule has 5 aromatic rings. The number of amides is 3. The van der Waals surface area contributed by atoms with Gasteiger partial charge in [-0.05, 0) is 67.1 Å². The highest BCUT2D eigenvalue weighted by molar-refractivity contribution is 6.38. The molecule has 0 radical (unpaired) electrons. The number of nitrogens with zero attached hydrogens (tertiary/aromatic N) is 2. The number of aromatic nitrogens is 1. The Morgan fingerprint density at radius 3 is 2.41 bits per heavy atom. The predicted octanol–water partition coefficient (Wildman–Crippen LogP) is 7.47. The molecule has 0 bridgehead atoms. The summed E-state index contributed by atoms with van der Waals surface area (Å²) in [6.07, 6.45) is 2.91. The number of benzene rings is 4. The third-order valence-electron chi connectivity index (χ3n) is 7.14. The number of para-hydroxylation sites is 2. The number of anilines is 2. The summed E-state index contributed by atoms with van der Waals surface area (Å²) < 4.78 is 6.08. The van der Waals surface area contributed by atoms with E-state index in [1.165, 1.54) is 11.0 Å². The fraction of sp³-hybridized carbons (Fsp3) is 0.111. The molecule has 10 heteroatoms. The van der Waals surface area contributed by atoms with E-state index in [4.69, 9.17) is 27.9 Å². The van der Waals surface area contributed by atoms with Crippen molar-refractivity contribution in [2.45, 2.75) is 13.5 Å². The second-order valence-electron chi connectivity index (χ2n) is 10.4. The molecule has 0 spiro atoms. The van der Waals surface area contributed by atoms with Crippen molar-refractivity contribution >= 4 is 69.3 Å². The van der Waals surface area contributed by atoms with Gasteiger partial charge in [-0.15, -0.1) is 0 Å². The molecule has 8 nitrogen and oxygen atoms in total. The highest BCUT2D eigenvalue weighted by atomic mass is 35.5. The molecule has 1 aromatic heterocycles. The summed E-state index contributed by atoms with van der Waals surface area (Å²) >= 11 is 13.2. The highest BCUT2D eigenvalue weighted by Gasteiger charge is 2.19. The minimum Gasteiger partial charge on any atom is -0.487 e.